The van der Waals surface area contributed by atoms with Crippen molar-refractivity contribution in [3.8, 4) is 0 Å². The summed E-state index contributed by atoms with van der Waals surface area (Å²) in [5, 5.41) is 8.18. The second kappa shape index (κ2) is 5.97. The van der Waals surface area contributed by atoms with Gasteiger partial charge in [0.2, 0.25) is 0 Å². The second-order valence-electron chi connectivity index (χ2n) is 5.10. The number of benzene rings is 1. The van der Waals surface area contributed by atoms with Gasteiger partial charge < -0.3 is 15.9 Å². The van der Waals surface area contributed by atoms with Crippen LogP contribution in [-0.4, -0.2) is 24.7 Å². The average molecular weight is 260 g/mol. The van der Waals surface area contributed by atoms with E-state index >= 15 is 0 Å². The molecule has 1 aromatic rings. The van der Waals surface area contributed by atoms with E-state index in [1.165, 1.54) is 6.92 Å². The van der Waals surface area contributed by atoms with Gasteiger partial charge in [-0.15, -0.1) is 0 Å². The molecule has 0 unspecified atom stereocenters. The smallest absolute Gasteiger partial charge is 0.161 e. The van der Waals surface area contributed by atoms with Gasteiger partial charge in [0.15, 0.2) is 5.78 Å². The Morgan fingerprint density at radius 1 is 1.42 bits per heavy atom. The van der Waals surface area contributed by atoms with E-state index in [-0.39, 0.29) is 5.78 Å². The van der Waals surface area contributed by atoms with Crippen molar-refractivity contribution in [2.45, 2.75) is 26.2 Å². The van der Waals surface area contributed by atoms with Crippen molar-refractivity contribution >= 4 is 17.2 Å². The van der Waals surface area contributed by atoms with E-state index in [1.807, 2.05) is 6.07 Å². The zero-order chi connectivity index (χ0) is 13.8. The molecule has 4 nitrogen and oxygen atoms in total. The van der Waals surface area contributed by atoms with Crippen LogP contribution >= 0.6 is 0 Å². The summed E-state index contributed by atoms with van der Waals surface area (Å²) >= 11 is 0. The highest BCUT2D eigenvalue weighted by Crippen LogP contribution is 2.22. The lowest BCUT2D eigenvalue weighted by atomic mass is 9.90. The van der Waals surface area contributed by atoms with E-state index in [0.717, 1.165) is 38.0 Å². The molecule has 1 aliphatic rings. The molecule has 102 valence electrons. The van der Waals surface area contributed by atoms with Crippen LogP contribution in [-0.2, 0) is 4.74 Å². The predicted molar refractivity (Wildman–Crippen MR) is 75.8 cm³/mol. The van der Waals surface area contributed by atoms with Crippen molar-refractivity contribution < 1.29 is 9.53 Å². The maximum Gasteiger partial charge on any atom is 0.161 e. The highest BCUT2D eigenvalue weighted by molar-refractivity contribution is 6.04. The molecule has 0 bridgehead atoms. The molecule has 3 N–H and O–H groups in total. The van der Waals surface area contributed by atoms with Crippen LogP contribution in [0.5, 0.6) is 0 Å². The molecule has 19 heavy (non-hydrogen) atoms. The summed E-state index contributed by atoms with van der Waals surface area (Å²) in [7, 11) is 0. The molecule has 1 aliphatic heterocycles. The van der Waals surface area contributed by atoms with Crippen molar-refractivity contribution in [1.82, 2.24) is 0 Å². The Bertz CT molecular complexity index is 491. The molecule has 1 aromatic carbocycles. The van der Waals surface area contributed by atoms with E-state index in [9.17, 15) is 4.79 Å². The van der Waals surface area contributed by atoms with Crippen LogP contribution in [0.4, 0.5) is 5.69 Å². The van der Waals surface area contributed by atoms with E-state index < -0.39 is 0 Å². The third-order valence-electron chi connectivity index (χ3n) is 3.61. The molecule has 1 heterocycles. The molecule has 0 aliphatic carbocycles. The van der Waals surface area contributed by atoms with Crippen molar-refractivity contribution in [2.24, 2.45) is 5.92 Å². The molecule has 0 saturated carbocycles. The molecule has 0 radical (unpaired) electrons. The molecule has 0 atom stereocenters. The Morgan fingerprint density at radius 2 is 2.11 bits per heavy atom. The van der Waals surface area contributed by atoms with Crippen molar-refractivity contribution in [3.63, 3.8) is 0 Å². The predicted octanol–water partition coefficient (Wildman–Crippen LogP) is 2.66. The number of rotatable bonds is 4. The summed E-state index contributed by atoms with van der Waals surface area (Å²) in [6, 6.07) is 5.27. The van der Waals surface area contributed by atoms with E-state index in [2.05, 4.69) is 0 Å². The fourth-order valence-corrected chi connectivity index (χ4v) is 2.41. The lowest BCUT2D eigenvalue weighted by Crippen LogP contribution is -2.19. The normalized spacial score (nSPS) is 16.3. The van der Waals surface area contributed by atoms with Gasteiger partial charge >= 0.3 is 0 Å². The zero-order valence-electron chi connectivity index (χ0n) is 11.2. The second-order valence-corrected chi connectivity index (χ2v) is 5.10. The first-order chi connectivity index (χ1) is 9.08. The molecule has 2 rings (SSSR count). The first-order valence-corrected chi connectivity index (χ1v) is 6.64. The molecule has 4 heteroatoms. The lowest BCUT2D eigenvalue weighted by Gasteiger charge is -2.22. The van der Waals surface area contributed by atoms with Crippen molar-refractivity contribution in [1.29, 1.82) is 5.41 Å². The largest absolute Gasteiger partial charge is 0.398 e. The third kappa shape index (κ3) is 3.41. The molecular weight excluding hydrogens is 240 g/mol. The average Bonchev–Trinajstić information content (AvgIpc) is 2.40. The molecule has 1 saturated heterocycles. The van der Waals surface area contributed by atoms with Gasteiger partial charge in [-0.3, -0.25) is 4.79 Å². The van der Waals surface area contributed by atoms with Gasteiger partial charge in [-0.1, -0.05) is 6.07 Å². The number of ether oxygens (including phenoxy) is 1. The van der Waals surface area contributed by atoms with Crippen LogP contribution in [0.1, 0.15) is 42.1 Å². The topological polar surface area (TPSA) is 76.2 Å². The lowest BCUT2D eigenvalue weighted by molar-refractivity contribution is 0.0684. The fourth-order valence-electron chi connectivity index (χ4n) is 2.41. The number of hydrogen-bond donors (Lipinski definition) is 2. The van der Waals surface area contributed by atoms with Gasteiger partial charge in [0.05, 0.1) is 0 Å². The Hall–Kier alpha value is -1.68. The van der Waals surface area contributed by atoms with Crippen LogP contribution in [0.25, 0.3) is 0 Å². The zero-order valence-corrected chi connectivity index (χ0v) is 11.2. The SMILES string of the molecule is CC(=O)c1cc(C(=N)CC2CCOCC2)ccc1N. The quantitative estimate of drug-likeness (QED) is 0.496. The van der Waals surface area contributed by atoms with E-state index in [1.54, 1.807) is 12.1 Å². The van der Waals surface area contributed by atoms with Crippen LogP contribution in [0.15, 0.2) is 18.2 Å². The van der Waals surface area contributed by atoms with Gasteiger partial charge in [-0.05, 0) is 49.8 Å². The number of carbonyl (C=O) groups is 1. The summed E-state index contributed by atoms with van der Waals surface area (Å²) in [5.41, 5.74) is 8.13. The molecule has 0 amide bonds. The summed E-state index contributed by atoms with van der Waals surface area (Å²) in [6.45, 7) is 3.08. The van der Waals surface area contributed by atoms with Crippen LogP contribution in [0.2, 0.25) is 0 Å². The minimum atomic E-state index is -0.0572. The maximum absolute atomic E-state index is 11.5. The summed E-state index contributed by atoms with van der Waals surface area (Å²) < 4.78 is 5.32. The van der Waals surface area contributed by atoms with E-state index in [0.29, 0.717) is 22.9 Å². The van der Waals surface area contributed by atoms with Gasteiger partial charge in [0.1, 0.15) is 0 Å². The van der Waals surface area contributed by atoms with Crippen molar-refractivity contribution in [2.75, 3.05) is 18.9 Å². The summed E-state index contributed by atoms with van der Waals surface area (Å²) in [4.78, 5) is 11.5. The number of Topliss-reactive ketones (excluding diaryl/α,β-unsaturated/α-hetero) is 1. The number of anilines is 1. The number of hydrogen-bond acceptors (Lipinski definition) is 4. The molecular formula is C15H20N2O2. The molecule has 0 spiro atoms. The van der Waals surface area contributed by atoms with Gasteiger partial charge in [-0.2, -0.15) is 0 Å². The minimum Gasteiger partial charge on any atom is -0.398 e. The van der Waals surface area contributed by atoms with Gasteiger partial charge in [0, 0.05) is 30.2 Å². The Balaban J connectivity index is 2.10. The fraction of sp³-hybridized carbons (Fsp3) is 0.467. The molecule has 1 fully saturated rings. The first kappa shape index (κ1) is 13.7. The van der Waals surface area contributed by atoms with Gasteiger partial charge in [-0.25, -0.2) is 0 Å². The molecule has 0 aromatic heterocycles. The van der Waals surface area contributed by atoms with Crippen molar-refractivity contribution in [3.05, 3.63) is 29.3 Å². The van der Waals surface area contributed by atoms with Gasteiger partial charge in [0.25, 0.3) is 0 Å². The Labute approximate surface area is 113 Å². The van der Waals surface area contributed by atoms with Crippen LogP contribution < -0.4 is 5.73 Å². The summed E-state index contributed by atoms with van der Waals surface area (Å²) in [6.07, 6.45) is 2.76. The number of nitrogen functional groups attached to an aromatic ring is 1. The Kier molecular flexibility index (Phi) is 4.32. The highest BCUT2D eigenvalue weighted by atomic mass is 16.5. The number of nitrogens with one attached hydrogen (secondary N) is 1. The number of carbonyl (C=O) groups excluding carboxylic acids is 1. The third-order valence-corrected chi connectivity index (χ3v) is 3.61. The minimum absolute atomic E-state index is 0.0572. The first-order valence-electron chi connectivity index (χ1n) is 6.64. The number of ketones is 1. The summed E-state index contributed by atoms with van der Waals surface area (Å²) in [5.74, 6) is 0.456. The standard InChI is InChI=1S/C15H20N2O2/c1-10(18)13-9-12(2-3-14(13)16)15(17)8-11-4-6-19-7-5-11/h2-3,9,11,17H,4-8,16H2,1H3. The maximum atomic E-state index is 11.5. The van der Waals surface area contributed by atoms with Crippen LogP contribution in [0, 0.1) is 11.3 Å². The monoisotopic (exact) mass is 260 g/mol. The Morgan fingerprint density at radius 3 is 2.74 bits per heavy atom. The number of nitrogens with two attached hydrogens (primary N) is 1. The highest BCUT2D eigenvalue weighted by Gasteiger charge is 2.17. The van der Waals surface area contributed by atoms with E-state index in [4.69, 9.17) is 15.9 Å². The van der Waals surface area contributed by atoms with Crippen LogP contribution in [0.3, 0.4) is 0 Å².